The molecule has 0 bridgehead atoms. The molecule has 26 heavy (non-hydrogen) atoms. The number of para-hydroxylation sites is 1. The van der Waals surface area contributed by atoms with E-state index in [1.165, 1.54) is 28.6 Å². The van der Waals surface area contributed by atoms with E-state index in [4.69, 9.17) is 0 Å². The summed E-state index contributed by atoms with van der Waals surface area (Å²) in [4.78, 5) is 5.82. The highest BCUT2D eigenvalue weighted by Crippen LogP contribution is 2.31. The molecule has 0 spiro atoms. The first kappa shape index (κ1) is 17.3. The van der Waals surface area contributed by atoms with Gasteiger partial charge in [0.05, 0.1) is 6.10 Å². The average molecular weight is 352 g/mol. The minimum Gasteiger partial charge on any atom is -0.388 e. The van der Waals surface area contributed by atoms with Crippen molar-refractivity contribution < 1.29 is 9.50 Å². The number of likely N-dealkylation sites (tertiary alicyclic amines) is 1. The Labute approximate surface area is 153 Å². The molecular weight excluding hydrogens is 327 g/mol. The number of H-pyrrole nitrogens is 1. The average Bonchev–Trinajstić information content (AvgIpc) is 3.10. The van der Waals surface area contributed by atoms with Crippen LogP contribution in [0.4, 0.5) is 4.39 Å². The molecule has 1 aromatic heterocycles. The summed E-state index contributed by atoms with van der Waals surface area (Å²) in [6.45, 7) is 3.05. The summed E-state index contributed by atoms with van der Waals surface area (Å²) in [5.41, 5.74) is 3.39. The van der Waals surface area contributed by atoms with Crippen LogP contribution in [0.2, 0.25) is 0 Å². The van der Waals surface area contributed by atoms with Gasteiger partial charge in [-0.25, -0.2) is 4.39 Å². The van der Waals surface area contributed by atoms with Crippen molar-refractivity contribution in [1.29, 1.82) is 0 Å². The number of aromatic amines is 1. The summed E-state index contributed by atoms with van der Waals surface area (Å²) in [7, 11) is 0. The molecule has 3 nitrogen and oxygen atoms in total. The van der Waals surface area contributed by atoms with Gasteiger partial charge in [-0.15, -0.1) is 0 Å². The molecule has 136 valence electrons. The van der Waals surface area contributed by atoms with Gasteiger partial charge in [-0.3, -0.25) is 0 Å². The molecule has 4 heteroatoms. The predicted molar refractivity (Wildman–Crippen MR) is 103 cm³/mol. The maximum Gasteiger partial charge on any atom is 0.123 e. The highest BCUT2D eigenvalue weighted by atomic mass is 19.1. The molecule has 1 fully saturated rings. The summed E-state index contributed by atoms with van der Waals surface area (Å²) in [6, 6.07) is 14.7. The van der Waals surface area contributed by atoms with Crippen LogP contribution in [0.5, 0.6) is 0 Å². The molecular formula is C22H25FN2O. The van der Waals surface area contributed by atoms with Gasteiger partial charge in [0.2, 0.25) is 0 Å². The summed E-state index contributed by atoms with van der Waals surface area (Å²) in [5.74, 6) is -0.00199. The fraction of sp³-hybridized carbons (Fsp3) is 0.364. The van der Waals surface area contributed by atoms with E-state index >= 15 is 0 Å². The van der Waals surface area contributed by atoms with Crippen molar-refractivity contribution in [3.8, 4) is 0 Å². The normalized spacial score (nSPS) is 17.6. The van der Waals surface area contributed by atoms with Crippen molar-refractivity contribution in [3.05, 3.63) is 71.7 Å². The maximum absolute atomic E-state index is 13.1. The molecule has 0 aliphatic carbocycles. The first-order valence-corrected chi connectivity index (χ1v) is 9.41. The standard InChI is InChI=1S/C22H25FN2O/c23-19-7-5-16(6-8-19)22(26)17-9-12-25(13-10-17)14-11-18-15-24-21-4-2-1-3-20(18)21/h1-8,15,17,22,24,26H,9-14H2. The number of aliphatic hydroxyl groups excluding tert-OH is 1. The minimum absolute atomic E-state index is 0.254. The van der Waals surface area contributed by atoms with Gasteiger partial charge in [0, 0.05) is 23.6 Å². The highest BCUT2D eigenvalue weighted by Gasteiger charge is 2.26. The number of rotatable bonds is 5. The predicted octanol–water partition coefficient (Wildman–Crippen LogP) is 4.30. The van der Waals surface area contributed by atoms with Crippen molar-refractivity contribution in [2.75, 3.05) is 19.6 Å². The van der Waals surface area contributed by atoms with Crippen LogP contribution in [-0.2, 0) is 6.42 Å². The molecule has 1 unspecified atom stereocenters. The second-order valence-corrected chi connectivity index (χ2v) is 7.28. The first-order valence-electron chi connectivity index (χ1n) is 9.41. The number of hydrogen-bond donors (Lipinski definition) is 2. The monoisotopic (exact) mass is 352 g/mol. The molecule has 1 atom stereocenters. The van der Waals surface area contributed by atoms with Crippen LogP contribution in [-0.4, -0.2) is 34.6 Å². The lowest BCUT2D eigenvalue weighted by atomic mass is 9.87. The Morgan fingerprint density at radius 1 is 1.08 bits per heavy atom. The van der Waals surface area contributed by atoms with Gasteiger partial charge in [-0.05, 0) is 67.6 Å². The van der Waals surface area contributed by atoms with Gasteiger partial charge in [-0.1, -0.05) is 30.3 Å². The third-order valence-electron chi connectivity index (χ3n) is 5.66. The van der Waals surface area contributed by atoms with Crippen LogP contribution in [0.3, 0.4) is 0 Å². The zero-order valence-electron chi connectivity index (χ0n) is 14.9. The van der Waals surface area contributed by atoms with Crippen molar-refractivity contribution in [2.24, 2.45) is 5.92 Å². The Kier molecular flexibility index (Phi) is 5.05. The van der Waals surface area contributed by atoms with Crippen molar-refractivity contribution in [2.45, 2.75) is 25.4 Å². The lowest BCUT2D eigenvalue weighted by Crippen LogP contribution is -2.36. The number of nitrogens with zero attached hydrogens (tertiary/aromatic N) is 1. The van der Waals surface area contributed by atoms with Crippen molar-refractivity contribution >= 4 is 10.9 Å². The van der Waals surface area contributed by atoms with E-state index in [0.29, 0.717) is 0 Å². The fourth-order valence-corrected chi connectivity index (χ4v) is 4.04. The minimum atomic E-state index is -0.494. The number of hydrogen-bond acceptors (Lipinski definition) is 2. The van der Waals surface area contributed by atoms with E-state index in [0.717, 1.165) is 44.5 Å². The number of halogens is 1. The molecule has 0 radical (unpaired) electrons. The Morgan fingerprint density at radius 2 is 1.81 bits per heavy atom. The smallest absolute Gasteiger partial charge is 0.123 e. The lowest BCUT2D eigenvalue weighted by molar-refractivity contribution is 0.0592. The van der Waals surface area contributed by atoms with Crippen LogP contribution in [0.15, 0.2) is 54.7 Å². The van der Waals surface area contributed by atoms with Crippen LogP contribution < -0.4 is 0 Å². The Morgan fingerprint density at radius 3 is 2.58 bits per heavy atom. The van der Waals surface area contributed by atoms with E-state index in [9.17, 15) is 9.50 Å². The van der Waals surface area contributed by atoms with E-state index in [2.05, 4.69) is 40.3 Å². The highest BCUT2D eigenvalue weighted by molar-refractivity contribution is 5.83. The lowest BCUT2D eigenvalue weighted by Gasteiger charge is -2.34. The third kappa shape index (κ3) is 3.67. The van der Waals surface area contributed by atoms with Crippen molar-refractivity contribution in [3.63, 3.8) is 0 Å². The van der Waals surface area contributed by atoms with Gasteiger partial charge in [-0.2, -0.15) is 0 Å². The molecule has 2 aromatic carbocycles. The Balaban J connectivity index is 1.30. The molecule has 2 heterocycles. The SMILES string of the molecule is OC(c1ccc(F)cc1)C1CCN(CCc2c[nH]c3ccccc23)CC1. The molecule has 1 aliphatic heterocycles. The number of piperidine rings is 1. The van der Waals surface area contributed by atoms with Crippen LogP contribution in [0, 0.1) is 11.7 Å². The Bertz CT molecular complexity index is 850. The zero-order chi connectivity index (χ0) is 17.9. The molecule has 3 aromatic rings. The van der Waals surface area contributed by atoms with E-state index < -0.39 is 6.10 Å². The zero-order valence-corrected chi connectivity index (χ0v) is 14.9. The Hall–Kier alpha value is -2.17. The molecule has 0 saturated carbocycles. The van der Waals surface area contributed by atoms with Gasteiger partial charge < -0.3 is 15.0 Å². The molecule has 4 rings (SSSR count). The maximum atomic E-state index is 13.1. The number of aromatic nitrogens is 1. The molecule has 1 aliphatic rings. The summed E-state index contributed by atoms with van der Waals surface area (Å²) in [5, 5.41) is 11.9. The summed E-state index contributed by atoms with van der Waals surface area (Å²) in [6.07, 6.45) is 4.62. The topological polar surface area (TPSA) is 39.3 Å². The van der Waals surface area contributed by atoms with Crippen LogP contribution in [0.25, 0.3) is 10.9 Å². The quantitative estimate of drug-likeness (QED) is 0.719. The van der Waals surface area contributed by atoms with Crippen LogP contribution in [0.1, 0.15) is 30.1 Å². The molecule has 0 amide bonds. The number of benzene rings is 2. The van der Waals surface area contributed by atoms with E-state index in [1.54, 1.807) is 12.1 Å². The van der Waals surface area contributed by atoms with Gasteiger partial charge in [0.1, 0.15) is 5.82 Å². The van der Waals surface area contributed by atoms with Crippen LogP contribution >= 0.6 is 0 Å². The number of fused-ring (bicyclic) bond motifs is 1. The first-order chi connectivity index (χ1) is 12.7. The summed E-state index contributed by atoms with van der Waals surface area (Å²) >= 11 is 0. The van der Waals surface area contributed by atoms with Crippen molar-refractivity contribution in [1.82, 2.24) is 9.88 Å². The molecule has 1 saturated heterocycles. The van der Waals surface area contributed by atoms with Gasteiger partial charge in [0.25, 0.3) is 0 Å². The molecule has 2 N–H and O–H groups in total. The fourth-order valence-electron chi connectivity index (χ4n) is 4.04. The third-order valence-corrected chi connectivity index (χ3v) is 5.66. The number of nitrogens with one attached hydrogen (secondary N) is 1. The largest absolute Gasteiger partial charge is 0.388 e. The van der Waals surface area contributed by atoms with Gasteiger partial charge >= 0.3 is 0 Å². The van der Waals surface area contributed by atoms with Gasteiger partial charge in [0.15, 0.2) is 0 Å². The second-order valence-electron chi connectivity index (χ2n) is 7.28. The van der Waals surface area contributed by atoms with E-state index in [-0.39, 0.29) is 11.7 Å². The number of aliphatic hydroxyl groups is 1. The summed E-state index contributed by atoms with van der Waals surface area (Å²) < 4.78 is 13.1. The van der Waals surface area contributed by atoms with E-state index in [1.807, 2.05) is 0 Å². The second kappa shape index (κ2) is 7.60.